The SMILES string of the molecule is CC(C)c1cccnc1N1CCC(C)(F)C1. The number of hydrogen-bond acceptors (Lipinski definition) is 2. The molecular weight excluding hydrogens is 203 g/mol. The Morgan fingerprint density at radius 3 is 2.81 bits per heavy atom. The first-order valence-electron chi connectivity index (χ1n) is 5.88. The minimum Gasteiger partial charge on any atom is -0.353 e. The minimum absolute atomic E-state index is 0.426. The van der Waals surface area contributed by atoms with E-state index >= 15 is 0 Å². The van der Waals surface area contributed by atoms with Gasteiger partial charge >= 0.3 is 0 Å². The van der Waals surface area contributed by atoms with E-state index in [9.17, 15) is 4.39 Å². The standard InChI is InChI=1S/C13H19FN2/c1-10(2)11-5-4-7-15-12(11)16-8-6-13(3,14)9-16/h4-5,7,10H,6,8-9H2,1-3H3. The molecule has 16 heavy (non-hydrogen) atoms. The first-order chi connectivity index (χ1) is 7.49. The third kappa shape index (κ3) is 2.18. The van der Waals surface area contributed by atoms with Crippen LogP contribution >= 0.6 is 0 Å². The third-order valence-corrected chi connectivity index (χ3v) is 3.16. The molecule has 2 nitrogen and oxygen atoms in total. The van der Waals surface area contributed by atoms with Crippen LogP contribution in [-0.2, 0) is 0 Å². The highest BCUT2D eigenvalue weighted by molar-refractivity contribution is 5.49. The molecule has 0 radical (unpaired) electrons. The molecule has 1 fully saturated rings. The van der Waals surface area contributed by atoms with Crippen molar-refractivity contribution in [2.24, 2.45) is 0 Å². The molecule has 0 N–H and O–H groups in total. The molecule has 1 saturated heterocycles. The smallest absolute Gasteiger partial charge is 0.132 e. The number of pyridine rings is 1. The van der Waals surface area contributed by atoms with E-state index in [0.717, 1.165) is 12.4 Å². The molecule has 0 aromatic carbocycles. The van der Waals surface area contributed by atoms with Gasteiger partial charge in [-0.05, 0) is 24.5 Å². The maximum Gasteiger partial charge on any atom is 0.132 e. The molecule has 0 aliphatic carbocycles. The van der Waals surface area contributed by atoms with E-state index in [2.05, 4.69) is 29.8 Å². The molecule has 0 amide bonds. The van der Waals surface area contributed by atoms with Gasteiger partial charge in [-0.15, -0.1) is 0 Å². The number of nitrogens with zero attached hydrogens (tertiary/aromatic N) is 2. The minimum atomic E-state index is -1.06. The highest BCUT2D eigenvalue weighted by Crippen LogP contribution is 2.32. The van der Waals surface area contributed by atoms with Crippen LogP contribution in [0.5, 0.6) is 0 Å². The van der Waals surface area contributed by atoms with Crippen LogP contribution in [0.4, 0.5) is 10.2 Å². The van der Waals surface area contributed by atoms with Gasteiger partial charge in [0.05, 0.1) is 6.54 Å². The van der Waals surface area contributed by atoms with E-state index in [4.69, 9.17) is 0 Å². The summed E-state index contributed by atoms with van der Waals surface area (Å²) in [6.45, 7) is 7.19. The Labute approximate surface area is 96.5 Å². The van der Waals surface area contributed by atoms with Crippen molar-refractivity contribution < 1.29 is 4.39 Å². The summed E-state index contributed by atoms with van der Waals surface area (Å²) in [6, 6.07) is 4.03. The van der Waals surface area contributed by atoms with Crippen molar-refractivity contribution in [1.29, 1.82) is 0 Å². The Balaban J connectivity index is 2.28. The second-order valence-corrected chi connectivity index (χ2v) is 5.16. The van der Waals surface area contributed by atoms with Crippen molar-refractivity contribution in [3.8, 4) is 0 Å². The average Bonchev–Trinajstić information content (AvgIpc) is 2.59. The fourth-order valence-electron chi connectivity index (χ4n) is 2.23. The predicted molar refractivity (Wildman–Crippen MR) is 64.7 cm³/mol. The molecule has 0 saturated carbocycles. The van der Waals surface area contributed by atoms with E-state index < -0.39 is 5.67 Å². The fraction of sp³-hybridized carbons (Fsp3) is 0.615. The fourth-order valence-corrected chi connectivity index (χ4v) is 2.23. The van der Waals surface area contributed by atoms with E-state index in [1.165, 1.54) is 5.56 Å². The lowest BCUT2D eigenvalue weighted by molar-refractivity contribution is 0.221. The van der Waals surface area contributed by atoms with E-state index in [1.54, 1.807) is 13.1 Å². The monoisotopic (exact) mass is 222 g/mol. The number of halogens is 1. The number of aromatic nitrogens is 1. The molecule has 0 spiro atoms. The number of hydrogen-bond donors (Lipinski definition) is 0. The summed E-state index contributed by atoms with van der Waals surface area (Å²) >= 11 is 0. The molecule has 1 aromatic heterocycles. The predicted octanol–water partition coefficient (Wildman–Crippen LogP) is 3.14. The normalized spacial score (nSPS) is 25.4. The van der Waals surface area contributed by atoms with Crippen LogP contribution < -0.4 is 4.90 Å². The van der Waals surface area contributed by atoms with E-state index in [0.29, 0.717) is 18.9 Å². The van der Waals surface area contributed by atoms with Gasteiger partial charge in [0, 0.05) is 19.2 Å². The van der Waals surface area contributed by atoms with Gasteiger partial charge in [-0.25, -0.2) is 9.37 Å². The zero-order chi connectivity index (χ0) is 11.8. The first-order valence-corrected chi connectivity index (χ1v) is 5.88. The lowest BCUT2D eigenvalue weighted by Gasteiger charge is -2.22. The van der Waals surface area contributed by atoms with Crippen molar-refractivity contribution in [3.05, 3.63) is 23.9 Å². The highest BCUT2D eigenvalue weighted by atomic mass is 19.1. The number of alkyl halides is 1. The second-order valence-electron chi connectivity index (χ2n) is 5.16. The van der Waals surface area contributed by atoms with Gasteiger partial charge in [-0.1, -0.05) is 19.9 Å². The zero-order valence-corrected chi connectivity index (χ0v) is 10.2. The van der Waals surface area contributed by atoms with Gasteiger partial charge in [0.2, 0.25) is 0 Å². The Kier molecular flexibility index (Phi) is 2.87. The van der Waals surface area contributed by atoms with Crippen molar-refractivity contribution in [2.45, 2.75) is 38.8 Å². The summed E-state index contributed by atoms with van der Waals surface area (Å²) in [6.07, 6.45) is 2.39. The van der Waals surface area contributed by atoms with Crippen LogP contribution in [0.25, 0.3) is 0 Å². The van der Waals surface area contributed by atoms with Gasteiger partial charge in [-0.3, -0.25) is 0 Å². The molecule has 1 aliphatic rings. The quantitative estimate of drug-likeness (QED) is 0.764. The number of rotatable bonds is 2. The summed E-state index contributed by atoms with van der Waals surface area (Å²) in [7, 11) is 0. The van der Waals surface area contributed by atoms with E-state index in [-0.39, 0.29) is 0 Å². The zero-order valence-electron chi connectivity index (χ0n) is 10.2. The van der Waals surface area contributed by atoms with Crippen molar-refractivity contribution in [2.75, 3.05) is 18.0 Å². The molecule has 0 bridgehead atoms. The highest BCUT2D eigenvalue weighted by Gasteiger charge is 2.34. The van der Waals surface area contributed by atoms with Crippen LogP contribution in [0.3, 0.4) is 0 Å². The van der Waals surface area contributed by atoms with Crippen LogP contribution in [0.15, 0.2) is 18.3 Å². The van der Waals surface area contributed by atoms with Crippen molar-refractivity contribution in [1.82, 2.24) is 4.98 Å². The molecule has 1 aliphatic heterocycles. The Bertz CT molecular complexity index is 374. The van der Waals surface area contributed by atoms with Gasteiger partial charge < -0.3 is 4.90 Å². The number of anilines is 1. The Morgan fingerprint density at radius 1 is 1.50 bits per heavy atom. The van der Waals surface area contributed by atoms with Crippen LogP contribution in [0, 0.1) is 0 Å². The largest absolute Gasteiger partial charge is 0.353 e. The van der Waals surface area contributed by atoms with E-state index in [1.807, 2.05) is 6.07 Å². The first kappa shape index (κ1) is 11.4. The molecule has 1 atom stereocenters. The third-order valence-electron chi connectivity index (χ3n) is 3.16. The molecule has 2 rings (SSSR count). The Hall–Kier alpha value is -1.12. The van der Waals surface area contributed by atoms with Crippen LogP contribution in [0.1, 0.15) is 38.7 Å². The van der Waals surface area contributed by atoms with Gasteiger partial charge in [0.25, 0.3) is 0 Å². The van der Waals surface area contributed by atoms with Crippen LogP contribution in [0.2, 0.25) is 0 Å². The molecule has 2 heterocycles. The molecular formula is C13H19FN2. The summed E-state index contributed by atoms with van der Waals surface area (Å²) in [4.78, 5) is 6.47. The summed E-state index contributed by atoms with van der Waals surface area (Å²) in [5.41, 5.74) is 0.145. The summed E-state index contributed by atoms with van der Waals surface area (Å²) in [5.74, 6) is 1.38. The lowest BCUT2D eigenvalue weighted by atomic mass is 10.0. The van der Waals surface area contributed by atoms with Gasteiger partial charge in [0.1, 0.15) is 11.5 Å². The van der Waals surface area contributed by atoms with Gasteiger partial charge in [0.15, 0.2) is 0 Å². The summed E-state index contributed by atoms with van der Waals surface area (Å²) < 4.78 is 13.8. The van der Waals surface area contributed by atoms with Crippen LogP contribution in [-0.4, -0.2) is 23.7 Å². The van der Waals surface area contributed by atoms with Gasteiger partial charge in [-0.2, -0.15) is 0 Å². The topological polar surface area (TPSA) is 16.1 Å². The molecule has 88 valence electrons. The van der Waals surface area contributed by atoms with Crippen molar-refractivity contribution >= 4 is 5.82 Å². The molecule has 1 aromatic rings. The maximum absolute atomic E-state index is 13.8. The maximum atomic E-state index is 13.8. The summed E-state index contributed by atoms with van der Waals surface area (Å²) in [5, 5.41) is 0. The Morgan fingerprint density at radius 2 is 2.25 bits per heavy atom. The van der Waals surface area contributed by atoms with Crippen molar-refractivity contribution in [3.63, 3.8) is 0 Å². The average molecular weight is 222 g/mol. The lowest BCUT2D eigenvalue weighted by Crippen LogP contribution is -2.27. The molecule has 1 unspecified atom stereocenters. The molecule has 3 heteroatoms. The second kappa shape index (κ2) is 4.04.